The molecular weight excluding hydrogens is 343 g/mol. The molecule has 0 aromatic heterocycles. The maximum absolute atomic E-state index is 12.8. The molecule has 2 N–H and O–H groups in total. The number of rotatable bonds is 8. The van der Waals surface area contributed by atoms with Gasteiger partial charge in [-0.1, -0.05) is 18.2 Å². The highest BCUT2D eigenvalue weighted by atomic mass is 32.2. The van der Waals surface area contributed by atoms with Gasteiger partial charge in [-0.25, -0.2) is 4.39 Å². The SMILES string of the molecule is COc1cccc(NC(=S)NCCCSCc2ccc(F)cc2)c1. The summed E-state index contributed by atoms with van der Waals surface area (Å²) in [5.41, 5.74) is 2.04. The summed E-state index contributed by atoms with van der Waals surface area (Å²) in [6, 6.07) is 14.3. The van der Waals surface area contributed by atoms with Gasteiger partial charge in [0.05, 0.1) is 7.11 Å². The lowest BCUT2D eigenvalue weighted by atomic mass is 10.2. The van der Waals surface area contributed by atoms with E-state index in [1.165, 1.54) is 12.1 Å². The maximum Gasteiger partial charge on any atom is 0.170 e. The number of thiocarbonyl (C=S) groups is 1. The number of hydrogen-bond acceptors (Lipinski definition) is 3. The Morgan fingerprint density at radius 1 is 1.21 bits per heavy atom. The minimum atomic E-state index is -0.190. The summed E-state index contributed by atoms with van der Waals surface area (Å²) in [6.07, 6.45) is 1.01. The molecule has 0 unspecified atom stereocenters. The molecule has 2 aromatic carbocycles. The molecule has 128 valence electrons. The molecule has 2 rings (SSSR count). The molecule has 24 heavy (non-hydrogen) atoms. The van der Waals surface area contributed by atoms with Gasteiger partial charge in [0, 0.05) is 24.1 Å². The van der Waals surface area contributed by atoms with Gasteiger partial charge in [-0.05, 0) is 54.2 Å². The fraction of sp³-hybridized carbons (Fsp3) is 0.278. The van der Waals surface area contributed by atoms with E-state index in [4.69, 9.17) is 17.0 Å². The van der Waals surface area contributed by atoms with Gasteiger partial charge in [-0.3, -0.25) is 0 Å². The molecule has 0 radical (unpaired) electrons. The van der Waals surface area contributed by atoms with Crippen LogP contribution in [0.3, 0.4) is 0 Å². The first-order valence-electron chi connectivity index (χ1n) is 7.68. The van der Waals surface area contributed by atoms with Crippen LogP contribution in [0.4, 0.5) is 10.1 Å². The van der Waals surface area contributed by atoms with Gasteiger partial charge in [0.2, 0.25) is 0 Å². The van der Waals surface area contributed by atoms with E-state index in [1.807, 2.05) is 48.2 Å². The molecule has 3 nitrogen and oxygen atoms in total. The molecule has 0 spiro atoms. The van der Waals surface area contributed by atoms with E-state index in [0.29, 0.717) is 5.11 Å². The number of ether oxygens (including phenoxy) is 1. The fourth-order valence-corrected chi connectivity index (χ4v) is 3.16. The van der Waals surface area contributed by atoms with Crippen LogP contribution in [0.15, 0.2) is 48.5 Å². The Labute approximate surface area is 152 Å². The zero-order valence-corrected chi connectivity index (χ0v) is 15.2. The van der Waals surface area contributed by atoms with Crippen molar-refractivity contribution in [2.24, 2.45) is 0 Å². The van der Waals surface area contributed by atoms with E-state index in [1.54, 1.807) is 7.11 Å². The summed E-state index contributed by atoms with van der Waals surface area (Å²) in [5.74, 6) is 2.52. The van der Waals surface area contributed by atoms with Crippen LogP contribution in [0, 0.1) is 5.82 Å². The second-order valence-electron chi connectivity index (χ2n) is 5.15. The molecule has 0 atom stereocenters. The average molecular weight is 365 g/mol. The Morgan fingerprint density at radius 2 is 2.00 bits per heavy atom. The second-order valence-corrected chi connectivity index (χ2v) is 6.66. The van der Waals surface area contributed by atoms with Crippen LogP contribution in [0.2, 0.25) is 0 Å². The summed E-state index contributed by atoms with van der Waals surface area (Å²) in [5, 5.41) is 6.93. The van der Waals surface area contributed by atoms with Crippen LogP contribution in [-0.2, 0) is 5.75 Å². The smallest absolute Gasteiger partial charge is 0.170 e. The van der Waals surface area contributed by atoms with E-state index in [0.717, 1.165) is 41.5 Å². The molecule has 6 heteroatoms. The van der Waals surface area contributed by atoms with Gasteiger partial charge in [0.25, 0.3) is 0 Å². The molecule has 0 aliphatic heterocycles. The van der Waals surface area contributed by atoms with Crippen molar-refractivity contribution in [3.63, 3.8) is 0 Å². The number of methoxy groups -OCH3 is 1. The highest BCUT2D eigenvalue weighted by Crippen LogP contribution is 2.16. The number of halogens is 1. The molecule has 0 bridgehead atoms. The lowest BCUT2D eigenvalue weighted by Gasteiger charge is -2.11. The van der Waals surface area contributed by atoms with Crippen LogP contribution in [0.25, 0.3) is 0 Å². The molecule has 0 heterocycles. The fourth-order valence-electron chi connectivity index (χ4n) is 2.02. The van der Waals surface area contributed by atoms with Gasteiger partial charge in [0.15, 0.2) is 5.11 Å². The van der Waals surface area contributed by atoms with Crippen molar-refractivity contribution >= 4 is 34.8 Å². The van der Waals surface area contributed by atoms with Gasteiger partial charge in [-0.15, -0.1) is 0 Å². The van der Waals surface area contributed by atoms with Gasteiger partial charge in [0.1, 0.15) is 11.6 Å². The van der Waals surface area contributed by atoms with Crippen molar-refractivity contribution < 1.29 is 9.13 Å². The Morgan fingerprint density at radius 3 is 2.75 bits per heavy atom. The van der Waals surface area contributed by atoms with Crippen molar-refractivity contribution in [2.45, 2.75) is 12.2 Å². The molecule has 2 aromatic rings. The van der Waals surface area contributed by atoms with Crippen LogP contribution in [0.1, 0.15) is 12.0 Å². The Kier molecular flexibility index (Phi) is 7.85. The molecular formula is C18H21FN2OS2. The molecule has 0 aliphatic carbocycles. The highest BCUT2D eigenvalue weighted by molar-refractivity contribution is 7.98. The summed E-state index contributed by atoms with van der Waals surface area (Å²) in [4.78, 5) is 0. The van der Waals surface area contributed by atoms with E-state index >= 15 is 0 Å². The zero-order valence-electron chi connectivity index (χ0n) is 13.5. The lowest BCUT2D eigenvalue weighted by Crippen LogP contribution is -2.29. The Hall–Kier alpha value is -1.79. The van der Waals surface area contributed by atoms with Crippen molar-refractivity contribution in [3.05, 3.63) is 59.9 Å². The van der Waals surface area contributed by atoms with Crippen LogP contribution in [0.5, 0.6) is 5.75 Å². The number of benzene rings is 2. The molecule has 0 saturated carbocycles. The first-order valence-corrected chi connectivity index (χ1v) is 9.25. The highest BCUT2D eigenvalue weighted by Gasteiger charge is 1.99. The monoisotopic (exact) mass is 364 g/mol. The van der Waals surface area contributed by atoms with Crippen LogP contribution >= 0.6 is 24.0 Å². The summed E-state index contributed by atoms with van der Waals surface area (Å²) in [6.45, 7) is 0.812. The standard InChI is InChI=1S/C18H21FN2OS2/c1-22-17-5-2-4-16(12-17)21-18(23)20-10-3-11-24-13-14-6-8-15(19)9-7-14/h2,4-9,12H,3,10-11,13H2,1H3,(H2,20,21,23). The van der Waals surface area contributed by atoms with Gasteiger partial charge < -0.3 is 15.4 Å². The van der Waals surface area contributed by atoms with Gasteiger partial charge >= 0.3 is 0 Å². The Bertz CT molecular complexity index is 650. The van der Waals surface area contributed by atoms with E-state index < -0.39 is 0 Å². The van der Waals surface area contributed by atoms with Crippen molar-refractivity contribution in [1.29, 1.82) is 0 Å². The van der Waals surface area contributed by atoms with Gasteiger partial charge in [-0.2, -0.15) is 11.8 Å². The zero-order chi connectivity index (χ0) is 17.2. The van der Waals surface area contributed by atoms with E-state index in [9.17, 15) is 4.39 Å². The predicted octanol–water partition coefficient (Wildman–Crippen LogP) is 4.44. The van der Waals surface area contributed by atoms with Crippen LogP contribution < -0.4 is 15.4 Å². The minimum absolute atomic E-state index is 0.190. The molecule has 0 aliphatic rings. The molecule has 0 amide bonds. The number of nitrogens with one attached hydrogen (secondary N) is 2. The molecule has 0 saturated heterocycles. The second kappa shape index (κ2) is 10.2. The topological polar surface area (TPSA) is 33.3 Å². The quantitative estimate of drug-likeness (QED) is 0.534. The maximum atomic E-state index is 12.8. The normalized spacial score (nSPS) is 10.2. The summed E-state index contributed by atoms with van der Waals surface area (Å²) >= 11 is 7.11. The predicted molar refractivity (Wildman–Crippen MR) is 104 cm³/mol. The molecule has 0 fully saturated rings. The average Bonchev–Trinajstić information content (AvgIpc) is 2.59. The third kappa shape index (κ3) is 6.76. The van der Waals surface area contributed by atoms with Crippen LogP contribution in [-0.4, -0.2) is 24.5 Å². The first-order chi connectivity index (χ1) is 11.7. The minimum Gasteiger partial charge on any atom is -0.497 e. The lowest BCUT2D eigenvalue weighted by molar-refractivity contribution is 0.415. The van der Waals surface area contributed by atoms with Crippen molar-refractivity contribution in [2.75, 3.05) is 24.7 Å². The number of thioether (sulfide) groups is 1. The van der Waals surface area contributed by atoms with Crippen molar-refractivity contribution in [1.82, 2.24) is 5.32 Å². The Balaban J connectivity index is 1.58. The third-order valence-corrected chi connectivity index (χ3v) is 4.62. The van der Waals surface area contributed by atoms with E-state index in [2.05, 4.69) is 10.6 Å². The number of anilines is 1. The van der Waals surface area contributed by atoms with Crippen molar-refractivity contribution in [3.8, 4) is 5.75 Å². The third-order valence-electron chi connectivity index (χ3n) is 3.26. The largest absolute Gasteiger partial charge is 0.497 e. The summed E-state index contributed by atoms with van der Waals surface area (Å²) < 4.78 is 18.0. The summed E-state index contributed by atoms with van der Waals surface area (Å²) in [7, 11) is 1.64. The van der Waals surface area contributed by atoms with E-state index in [-0.39, 0.29) is 5.82 Å². The number of hydrogen-bond donors (Lipinski definition) is 2. The first kappa shape index (κ1) is 18.5.